The highest BCUT2D eigenvalue weighted by Gasteiger charge is 2.30. The summed E-state index contributed by atoms with van der Waals surface area (Å²) >= 11 is 13.0. The second-order valence-corrected chi connectivity index (χ2v) is 6.87. The summed E-state index contributed by atoms with van der Waals surface area (Å²) < 4.78 is 13.7. The van der Waals surface area contributed by atoms with E-state index < -0.39 is 0 Å². The molecule has 0 amide bonds. The van der Waals surface area contributed by atoms with Crippen molar-refractivity contribution in [2.45, 2.75) is 18.8 Å². The first kappa shape index (κ1) is 17.0. The second kappa shape index (κ2) is 7.26. The normalized spacial score (nSPS) is 11.7. The van der Waals surface area contributed by atoms with Crippen LogP contribution in [0.25, 0.3) is 0 Å². The first-order chi connectivity index (χ1) is 10.0. The number of aryl methyl sites for hydroxylation is 1. The average molecular weight is 435 g/mol. The summed E-state index contributed by atoms with van der Waals surface area (Å²) in [5, 5.41) is 1.74. The molecule has 21 heavy (non-hydrogen) atoms. The predicted molar refractivity (Wildman–Crippen MR) is 95.6 cm³/mol. The number of hydrogen-bond donors (Lipinski definition) is 0. The molecule has 2 aromatic carbocycles. The summed E-state index contributed by atoms with van der Waals surface area (Å²) in [7, 11) is 0. The van der Waals surface area contributed by atoms with Gasteiger partial charge in [-0.05, 0) is 36.6 Å². The van der Waals surface area contributed by atoms with Crippen LogP contribution in [0.3, 0.4) is 0 Å². The number of halogens is 4. The van der Waals surface area contributed by atoms with Crippen molar-refractivity contribution in [3.05, 3.63) is 70.0 Å². The lowest BCUT2D eigenvalue weighted by atomic mass is 9.79. The van der Waals surface area contributed by atoms with Gasteiger partial charge in [-0.2, -0.15) is 0 Å². The van der Waals surface area contributed by atoms with E-state index in [0.29, 0.717) is 0 Å². The molecule has 4 heteroatoms. The SMILES string of the molecule is Cc1ccc(C(CBr)(CBr)Cc2ccc(Cl)c(F)c2)cc1. The van der Waals surface area contributed by atoms with Gasteiger partial charge in [-0.25, -0.2) is 4.39 Å². The van der Waals surface area contributed by atoms with Gasteiger partial charge in [0.1, 0.15) is 5.82 Å². The molecular weight excluding hydrogens is 418 g/mol. The van der Waals surface area contributed by atoms with Crippen LogP contribution in [0.1, 0.15) is 16.7 Å². The average Bonchev–Trinajstić information content (AvgIpc) is 2.49. The zero-order valence-corrected chi connectivity index (χ0v) is 15.6. The van der Waals surface area contributed by atoms with Crippen LogP contribution in [0, 0.1) is 12.7 Å². The summed E-state index contributed by atoms with van der Waals surface area (Å²) in [5.41, 5.74) is 3.29. The Kier molecular flexibility index (Phi) is 5.87. The van der Waals surface area contributed by atoms with Gasteiger partial charge in [0.25, 0.3) is 0 Å². The highest BCUT2D eigenvalue weighted by atomic mass is 79.9. The van der Waals surface area contributed by atoms with E-state index in [-0.39, 0.29) is 16.3 Å². The van der Waals surface area contributed by atoms with E-state index >= 15 is 0 Å². The maximum absolute atomic E-state index is 13.7. The largest absolute Gasteiger partial charge is 0.205 e. The monoisotopic (exact) mass is 432 g/mol. The third-order valence-corrected chi connectivity index (χ3v) is 6.16. The van der Waals surface area contributed by atoms with Gasteiger partial charge in [0.15, 0.2) is 0 Å². The molecule has 0 nitrogen and oxygen atoms in total. The molecule has 0 aliphatic carbocycles. The summed E-state index contributed by atoms with van der Waals surface area (Å²) in [4.78, 5) is 0. The minimum absolute atomic E-state index is 0.117. The van der Waals surface area contributed by atoms with Crippen molar-refractivity contribution in [2.75, 3.05) is 10.7 Å². The Bertz CT molecular complexity index is 607. The maximum atomic E-state index is 13.7. The molecule has 2 rings (SSSR count). The molecule has 0 fully saturated rings. The van der Waals surface area contributed by atoms with Gasteiger partial charge >= 0.3 is 0 Å². The molecule has 0 atom stereocenters. The topological polar surface area (TPSA) is 0 Å². The Morgan fingerprint density at radius 3 is 2.19 bits per heavy atom. The fourth-order valence-electron chi connectivity index (χ4n) is 2.33. The Balaban J connectivity index is 2.37. The highest BCUT2D eigenvalue weighted by molar-refractivity contribution is 9.09. The minimum atomic E-state index is -0.365. The van der Waals surface area contributed by atoms with E-state index in [0.717, 1.165) is 22.6 Å². The standard InChI is InChI=1S/C17H16Br2ClF/c1-12-2-5-14(6-3-12)17(10-18,11-19)9-13-4-7-15(20)16(21)8-13/h2-8H,9-11H2,1H3. The quantitative estimate of drug-likeness (QED) is 0.502. The molecule has 0 unspecified atom stereocenters. The molecule has 112 valence electrons. The Morgan fingerprint density at radius 1 is 1.05 bits per heavy atom. The molecule has 0 spiro atoms. The number of rotatable bonds is 5. The lowest BCUT2D eigenvalue weighted by molar-refractivity contribution is 0.546. The van der Waals surface area contributed by atoms with Gasteiger partial charge in [-0.1, -0.05) is 79.4 Å². The first-order valence-corrected chi connectivity index (χ1v) is 9.26. The van der Waals surface area contributed by atoms with Gasteiger partial charge < -0.3 is 0 Å². The molecule has 0 radical (unpaired) electrons. The van der Waals surface area contributed by atoms with Gasteiger partial charge in [0.2, 0.25) is 0 Å². The van der Waals surface area contributed by atoms with Crippen molar-refractivity contribution < 1.29 is 4.39 Å². The first-order valence-electron chi connectivity index (χ1n) is 6.64. The third kappa shape index (κ3) is 3.88. The van der Waals surface area contributed by atoms with Crippen molar-refractivity contribution in [1.82, 2.24) is 0 Å². The minimum Gasteiger partial charge on any atom is -0.205 e. The van der Waals surface area contributed by atoms with Crippen LogP contribution in [0.15, 0.2) is 42.5 Å². The molecule has 2 aromatic rings. The van der Waals surface area contributed by atoms with Crippen molar-refractivity contribution in [2.24, 2.45) is 0 Å². The van der Waals surface area contributed by atoms with Gasteiger partial charge in [-0.15, -0.1) is 0 Å². The Labute approximate surface area is 147 Å². The van der Waals surface area contributed by atoms with Crippen molar-refractivity contribution in [3.63, 3.8) is 0 Å². The van der Waals surface area contributed by atoms with Crippen LogP contribution in [-0.2, 0) is 11.8 Å². The number of hydrogen-bond acceptors (Lipinski definition) is 0. The summed E-state index contributed by atoms with van der Waals surface area (Å²) in [6, 6.07) is 13.5. The smallest absolute Gasteiger partial charge is 0.142 e. The molecule has 0 saturated heterocycles. The molecule has 0 N–H and O–H groups in total. The molecule has 0 aliphatic heterocycles. The molecule has 0 aliphatic rings. The van der Waals surface area contributed by atoms with E-state index in [4.69, 9.17) is 11.6 Å². The molecule has 0 heterocycles. The van der Waals surface area contributed by atoms with E-state index in [1.807, 2.05) is 6.07 Å². The van der Waals surface area contributed by atoms with Crippen LogP contribution in [-0.4, -0.2) is 10.7 Å². The highest BCUT2D eigenvalue weighted by Crippen LogP contribution is 2.33. The molecule has 0 saturated carbocycles. The van der Waals surface area contributed by atoms with E-state index in [1.54, 1.807) is 6.07 Å². The maximum Gasteiger partial charge on any atom is 0.142 e. The number of benzene rings is 2. The van der Waals surface area contributed by atoms with Crippen molar-refractivity contribution in [1.29, 1.82) is 0 Å². The van der Waals surface area contributed by atoms with Gasteiger partial charge in [-0.3, -0.25) is 0 Å². The Morgan fingerprint density at radius 2 is 1.67 bits per heavy atom. The van der Waals surface area contributed by atoms with E-state index in [9.17, 15) is 4.39 Å². The summed E-state index contributed by atoms with van der Waals surface area (Å²) in [6.07, 6.45) is 0.737. The van der Waals surface area contributed by atoms with Crippen LogP contribution in [0.4, 0.5) is 4.39 Å². The predicted octanol–water partition coefficient (Wildman–Crippen LogP) is 6.06. The zero-order chi connectivity index (χ0) is 15.5. The fourth-order valence-corrected chi connectivity index (χ4v) is 4.42. The van der Waals surface area contributed by atoms with Crippen molar-refractivity contribution in [3.8, 4) is 0 Å². The lowest BCUT2D eigenvalue weighted by Crippen LogP contribution is -2.33. The summed E-state index contributed by atoms with van der Waals surface area (Å²) in [6.45, 7) is 2.07. The van der Waals surface area contributed by atoms with Crippen LogP contribution in [0.2, 0.25) is 5.02 Å². The lowest BCUT2D eigenvalue weighted by Gasteiger charge is -2.31. The van der Waals surface area contributed by atoms with Crippen LogP contribution in [0.5, 0.6) is 0 Å². The van der Waals surface area contributed by atoms with Gasteiger partial charge in [0.05, 0.1) is 5.02 Å². The third-order valence-electron chi connectivity index (χ3n) is 3.70. The zero-order valence-electron chi connectivity index (χ0n) is 11.7. The molecule has 0 bridgehead atoms. The van der Waals surface area contributed by atoms with Crippen molar-refractivity contribution >= 4 is 43.5 Å². The Hall–Kier alpha value is -0.380. The van der Waals surface area contributed by atoms with E-state index in [1.165, 1.54) is 17.2 Å². The fraction of sp³-hybridized carbons (Fsp3) is 0.294. The van der Waals surface area contributed by atoms with Crippen LogP contribution < -0.4 is 0 Å². The molecular formula is C17H16Br2ClF. The molecule has 0 aromatic heterocycles. The second-order valence-electron chi connectivity index (χ2n) is 5.34. The van der Waals surface area contributed by atoms with Crippen LogP contribution >= 0.6 is 43.5 Å². The van der Waals surface area contributed by atoms with Gasteiger partial charge in [0, 0.05) is 16.1 Å². The van der Waals surface area contributed by atoms with E-state index in [2.05, 4.69) is 63.0 Å². The summed E-state index contributed by atoms with van der Waals surface area (Å²) in [5.74, 6) is -0.365. The number of alkyl halides is 2.